The molecule has 0 aliphatic rings. The Kier molecular flexibility index (Phi) is 6.84. The van der Waals surface area contributed by atoms with Crippen molar-refractivity contribution in [2.75, 3.05) is 19.5 Å². The van der Waals surface area contributed by atoms with Gasteiger partial charge in [0.15, 0.2) is 6.10 Å². The van der Waals surface area contributed by atoms with E-state index in [0.717, 1.165) is 6.07 Å². The number of halogens is 1. The van der Waals surface area contributed by atoms with Crippen molar-refractivity contribution in [1.29, 1.82) is 0 Å². The van der Waals surface area contributed by atoms with Crippen molar-refractivity contribution < 1.29 is 32.0 Å². The summed E-state index contributed by atoms with van der Waals surface area (Å²) in [6.45, 7) is 1.36. The maximum atomic E-state index is 12.9. The molecule has 0 saturated heterocycles. The number of nitrogens with one attached hydrogen (secondary N) is 1. The lowest BCUT2D eigenvalue weighted by molar-refractivity contribution is -0.123. The Morgan fingerprint density at radius 3 is 2.39 bits per heavy atom. The molecule has 2 aromatic rings. The molecular weight excluding hydrogens is 391 g/mol. The van der Waals surface area contributed by atoms with Crippen LogP contribution in [0.3, 0.4) is 0 Å². The fourth-order valence-corrected chi connectivity index (χ4v) is 3.11. The van der Waals surface area contributed by atoms with E-state index in [9.17, 15) is 22.4 Å². The van der Waals surface area contributed by atoms with Crippen LogP contribution in [-0.4, -0.2) is 45.0 Å². The van der Waals surface area contributed by atoms with Crippen LogP contribution in [0, 0.1) is 5.82 Å². The van der Waals surface area contributed by atoms with Crippen LogP contribution in [0.15, 0.2) is 53.4 Å². The second-order valence-corrected chi connectivity index (χ2v) is 7.60. The first-order chi connectivity index (χ1) is 13.1. The fraction of sp³-hybridized carbons (Fsp3) is 0.222. The first kappa shape index (κ1) is 21.5. The molecule has 0 spiro atoms. The minimum absolute atomic E-state index is 0.0491. The van der Waals surface area contributed by atoms with Crippen LogP contribution in [-0.2, 0) is 24.4 Å². The van der Waals surface area contributed by atoms with Crippen molar-refractivity contribution in [3.8, 4) is 0 Å². The van der Waals surface area contributed by atoms with Gasteiger partial charge >= 0.3 is 5.97 Å². The predicted molar refractivity (Wildman–Crippen MR) is 98.3 cm³/mol. The van der Waals surface area contributed by atoms with Crippen LogP contribution in [0.25, 0.3) is 0 Å². The average molecular weight is 410 g/mol. The first-order valence-electron chi connectivity index (χ1n) is 8.05. The molecule has 2 rings (SSSR count). The number of benzene rings is 2. The summed E-state index contributed by atoms with van der Waals surface area (Å²) in [6, 6.07) is 10.2. The van der Waals surface area contributed by atoms with Crippen molar-refractivity contribution in [3.63, 3.8) is 0 Å². The Balaban J connectivity index is 2.08. The molecule has 0 saturated carbocycles. The van der Waals surface area contributed by atoms with Gasteiger partial charge in [-0.15, -0.1) is 0 Å². The van der Waals surface area contributed by atoms with E-state index in [1.165, 1.54) is 63.5 Å². The van der Waals surface area contributed by atoms with E-state index in [1.807, 2.05) is 0 Å². The van der Waals surface area contributed by atoms with E-state index >= 15 is 0 Å². The number of carbonyl (C=O) groups excluding carboxylic acids is 2. The lowest BCUT2D eigenvalue weighted by atomic mass is 10.2. The van der Waals surface area contributed by atoms with E-state index in [4.69, 9.17) is 4.74 Å². The molecule has 0 aliphatic carbocycles. The predicted octanol–water partition coefficient (Wildman–Crippen LogP) is 2.19. The van der Waals surface area contributed by atoms with Gasteiger partial charge in [0, 0.05) is 12.7 Å². The van der Waals surface area contributed by atoms with Gasteiger partial charge in [-0.1, -0.05) is 10.5 Å². The molecule has 0 bridgehead atoms. The maximum Gasteiger partial charge on any atom is 0.338 e. The lowest BCUT2D eigenvalue weighted by Gasteiger charge is -2.16. The quantitative estimate of drug-likeness (QED) is 0.555. The summed E-state index contributed by atoms with van der Waals surface area (Å²) in [5, 5.41) is 2.48. The number of esters is 1. The van der Waals surface area contributed by atoms with Crippen molar-refractivity contribution in [1.82, 2.24) is 4.47 Å². The van der Waals surface area contributed by atoms with Gasteiger partial charge in [-0.05, 0) is 49.4 Å². The Hall–Kier alpha value is -2.82. The smallest absolute Gasteiger partial charge is 0.338 e. The third kappa shape index (κ3) is 5.12. The fourth-order valence-electron chi connectivity index (χ4n) is 2.09. The van der Waals surface area contributed by atoms with Gasteiger partial charge in [-0.25, -0.2) is 17.6 Å². The maximum absolute atomic E-state index is 12.9. The molecule has 1 atom stereocenters. The zero-order valence-corrected chi connectivity index (χ0v) is 16.2. The van der Waals surface area contributed by atoms with Crippen LogP contribution in [0.2, 0.25) is 0 Å². The molecule has 150 valence electrons. The number of hydroxylamine groups is 1. The molecule has 28 heavy (non-hydrogen) atoms. The Morgan fingerprint density at radius 2 is 1.79 bits per heavy atom. The van der Waals surface area contributed by atoms with Gasteiger partial charge in [-0.3, -0.25) is 9.63 Å². The number of hydrogen-bond acceptors (Lipinski definition) is 6. The summed E-state index contributed by atoms with van der Waals surface area (Å²) in [5.74, 6) is -1.95. The number of nitrogens with zero attached hydrogens (tertiary/aromatic N) is 1. The first-order valence-corrected chi connectivity index (χ1v) is 9.49. The van der Waals surface area contributed by atoms with Gasteiger partial charge in [0.25, 0.3) is 15.9 Å². The Bertz CT molecular complexity index is 962. The molecule has 0 heterocycles. The molecule has 1 amide bonds. The molecule has 0 aliphatic heterocycles. The van der Waals surface area contributed by atoms with Crippen LogP contribution in [0.1, 0.15) is 17.3 Å². The van der Waals surface area contributed by atoms with E-state index in [-0.39, 0.29) is 10.5 Å². The minimum Gasteiger partial charge on any atom is -0.449 e. The van der Waals surface area contributed by atoms with E-state index in [1.54, 1.807) is 0 Å². The van der Waals surface area contributed by atoms with Gasteiger partial charge in [0.05, 0.1) is 17.6 Å². The third-order valence-electron chi connectivity index (χ3n) is 3.73. The molecule has 0 aromatic heterocycles. The molecule has 0 fully saturated rings. The summed E-state index contributed by atoms with van der Waals surface area (Å²) < 4.78 is 43.1. The topological polar surface area (TPSA) is 102 Å². The molecule has 1 N–H and O–H groups in total. The SMILES string of the molecule is CON(C)S(=O)(=O)c1cccc(C(=O)O[C@H](C)C(=O)Nc2ccc(F)cc2)c1. The van der Waals surface area contributed by atoms with Crippen LogP contribution < -0.4 is 5.32 Å². The zero-order valence-electron chi connectivity index (χ0n) is 15.4. The number of hydrogen-bond donors (Lipinski definition) is 1. The van der Waals surface area contributed by atoms with Gasteiger partial charge in [0.1, 0.15) is 5.82 Å². The standard InChI is InChI=1S/C18H19FN2O6S/c1-12(17(22)20-15-9-7-14(19)8-10-15)27-18(23)13-5-4-6-16(11-13)28(24,25)21(2)26-3/h4-12H,1-3H3,(H,20,22)/t12-/m1/s1. The van der Waals surface area contributed by atoms with Crippen LogP contribution in [0.4, 0.5) is 10.1 Å². The van der Waals surface area contributed by atoms with E-state index in [0.29, 0.717) is 10.2 Å². The molecule has 2 aromatic carbocycles. The average Bonchev–Trinajstić information content (AvgIpc) is 2.68. The van der Waals surface area contributed by atoms with Crippen molar-refractivity contribution in [3.05, 3.63) is 59.9 Å². The second kappa shape index (κ2) is 8.91. The van der Waals surface area contributed by atoms with Gasteiger partial charge in [-0.2, -0.15) is 0 Å². The Morgan fingerprint density at radius 1 is 1.14 bits per heavy atom. The number of ether oxygens (including phenoxy) is 1. The van der Waals surface area contributed by atoms with E-state index < -0.39 is 33.8 Å². The molecule has 8 nitrogen and oxygen atoms in total. The summed E-state index contributed by atoms with van der Waals surface area (Å²) in [7, 11) is -1.54. The summed E-state index contributed by atoms with van der Waals surface area (Å²) in [4.78, 5) is 28.9. The number of sulfonamides is 1. The zero-order chi connectivity index (χ0) is 20.9. The van der Waals surface area contributed by atoms with E-state index in [2.05, 4.69) is 10.2 Å². The largest absolute Gasteiger partial charge is 0.449 e. The highest BCUT2D eigenvalue weighted by Crippen LogP contribution is 2.17. The number of rotatable bonds is 7. The van der Waals surface area contributed by atoms with Crippen molar-refractivity contribution >= 4 is 27.6 Å². The summed E-state index contributed by atoms with van der Waals surface area (Å²) >= 11 is 0. The minimum atomic E-state index is -3.94. The molecule has 0 radical (unpaired) electrons. The van der Waals surface area contributed by atoms with Crippen molar-refractivity contribution in [2.45, 2.75) is 17.9 Å². The van der Waals surface area contributed by atoms with Gasteiger partial charge < -0.3 is 10.1 Å². The Labute approximate surface area is 161 Å². The number of carbonyl (C=O) groups is 2. The van der Waals surface area contributed by atoms with Crippen molar-refractivity contribution in [2.24, 2.45) is 0 Å². The highest BCUT2D eigenvalue weighted by molar-refractivity contribution is 7.89. The lowest BCUT2D eigenvalue weighted by Crippen LogP contribution is -2.30. The summed E-state index contributed by atoms with van der Waals surface area (Å²) in [6.07, 6.45) is -1.17. The van der Waals surface area contributed by atoms with Crippen LogP contribution in [0.5, 0.6) is 0 Å². The number of anilines is 1. The second-order valence-electron chi connectivity index (χ2n) is 5.67. The molecular formula is C18H19FN2O6S. The highest BCUT2D eigenvalue weighted by atomic mass is 32.2. The van der Waals surface area contributed by atoms with Gasteiger partial charge in [0.2, 0.25) is 0 Å². The van der Waals surface area contributed by atoms with Crippen LogP contribution >= 0.6 is 0 Å². The number of amides is 1. The third-order valence-corrected chi connectivity index (χ3v) is 5.40. The highest BCUT2D eigenvalue weighted by Gasteiger charge is 2.24. The summed E-state index contributed by atoms with van der Waals surface area (Å²) in [5.41, 5.74) is 0.289. The monoisotopic (exact) mass is 410 g/mol. The normalized spacial score (nSPS) is 12.5. The molecule has 10 heteroatoms. The molecule has 0 unspecified atom stereocenters.